The van der Waals surface area contributed by atoms with Gasteiger partial charge in [0.05, 0.1) is 0 Å². The van der Waals surface area contributed by atoms with Crippen LogP contribution in [0.15, 0.2) is 18.2 Å². The summed E-state index contributed by atoms with van der Waals surface area (Å²) in [6.07, 6.45) is 3.03. The summed E-state index contributed by atoms with van der Waals surface area (Å²) in [6.45, 7) is 1.09. The van der Waals surface area contributed by atoms with E-state index in [0.29, 0.717) is 0 Å². The first kappa shape index (κ1) is 10.1. The van der Waals surface area contributed by atoms with Gasteiger partial charge in [-0.3, -0.25) is 0 Å². The number of aryl methyl sites for hydroxylation is 2. The molecule has 1 aliphatic rings. The third-order valence-corrected chi connectivity index (χ3v) is 3.04. The highest BCUT2D eigenvalue weighted by Crippen LogP contribution is 2.30. The molecule has 2 nitrogen and oxygen atoms in total. The lowest BCUT2D eigenvalue weighted by Crippen LogP contribution is -2.26. The fourth-order valence-electron chi connectivity index (χ4n) is 1.99. The van der Waals surface area contributed by atoms with Gasteiger partial charge in [-0.2, -0.15) is 0 Å². The van der Waals surface area contributed by atoms with Gasteiger partial charge >= 0.3 is 5.97 Å². The summed E-state index contributed by atoms with van der Waals surface area (Å²) >= 11 is 0. The molecular weight excluding hydrogens is 195 g/mol. The first-order valence-electron chi connectivity index (χ1n) is 5.06. The van der Waals surface area contributed by atoms with E-state index in [1.54, 1.807) is 12.1 Å². The molecular formula is C12H13FO2. The Morgan fingerprint density at radius 3 is 2.73 bits per heavy atom. The molecule has 0 radical (unpaired) electrons. The van der Waals surface area contributed by atoms with Crippen LogP contribution < -0.4 is 0 Å². The van der Waals surface area contributed by atoms with Crippen molar-refractivity contribution >= 4 is 5.97 Å². The van der Waals surface area contributed by atoms with Crippen molar-refractivity contribution in [2.75, 3.05) is 0 Å². The van der Waals surface area contributed by atoms with Gasteiger partial charge in [0.15, 0.2) is 0 Å². The molecule has 0 amide bonds. The number of halogens is 1. The Labute approximate surface area is 87.7 Å². The number of carbonyl (C=O) groups is 1. The van der Waals surface area contributed by atoms with Crippen LogP contribution in [0.3, 0.4) is 0 Å². The van der Waals surface area contributed by atoms with Gasteiger partial charge in [-0.25, -0.2) is 9.18 Å². The van der Waals surface area contributed by atoms with E-state index in [4.69, 9.17) is 5.11 Å². The third-order valence-electron chi connectivity index (χ3n) is 3.04. The number of alkyl halides is 1. The molecule has 1 unspecified atom stereocenters. The summed E-state index contributed by atoms with van der Waals surface area (Å²) < 4.78 is 13.8. The lowest BCUT2D eigenvalue weighted by atomic mass is 9.95. The largest absolute Gasteiger partial charge is 0.479 e. The standard InChI is InChI=1S/C12H13FO2/c1-12(13,11(14)15)10-6-5-8-3-2-4-9(8)7-10/h5-7H,2-4H2,1H3,(H,14,15). The molecule has 15 heavy (non-hydrogen) atoms. The van der Waals surface area contributed by atoms with Gasteiger partial charge in [-0.05, 0) is 37.3 Å². The fraction of sp³-hybridized carbons (Fsp3) is 0.417. The zero-order valence-corrected chi connectivity index (χ0v) is 8.59. The second-order valence-electron chi connectivity index (χ2n) is 4.15. The average molecular weight is 208 g/mol. The number of benzene rings is 1. The smallest absolute Gasteiger partial charge is 0.345 e. The molecule has 80 valence electrons. The van der Waals surface area contributed by atoms with Crippen molar-refractivity contribution in [1.82, 2.24) is 0 Å². The Hall–Kier alpha value is -1.38. The quantitative estimate of drug-likeness (QED) is 0.810. The van der Waals surface area contributed by atoms with Crippen LogP contribution in [0.4, 0.5) is 4.39 Å². The molecule has 0 aromatic heterocycles. The molecule has 0 spiro atoms. The van der Waals surface area contributed by atoms with E-state index in [2.05, 4.69) is 0 Å². The lowest BCUT2D eigenvalue weighted by molar-refractivity contribution is -0.150. The van der Waals surface area contributed by atoms with Crippen LogP contribution in [0, 0.1) is 0 Å². The van der Waals surface area contributed by atoms with Gasteiger partial charge in [0.2, 0.25) is 5.67 Å². The number of carboxylic acid groups (broad SMARTS) is 1. The van der Waals surface area contributed by atoms with Crippen molar-refractivity contribution < 1.29 is 14.3 Å². The van der Waals surface area contributed by atoms with E-state index in [-0.39, 0.29) is 5.56 Å². The first-order chi connectivity index (χ1) is 7.01. The van der Waals surface area contributed by atoms with Crippen molar-refractivity contribution in [3.63, 3.8) is 0 Å². The van der Waals surface area contributed by atoms with Gasteiger partial charge in [-0.1, -0.05) is 18.2 Å². The zero-order chi connectivity index (χ0) is 11.1. The molecule has 1 atom stereocenters. The van der Waals surface area contributed by atoms with Crippen LogP contribution in [0.2, 0.25) is 0 Å². The predicted octanol–water partition coefficient (Wildman–Crippen LogP) is 2.44. The van der Waals surface area contributed by atoms with Gasteiger partial charge in [-0.15, -0.1) is 0 Å². The Bertz CT molecular complexity index is 410. The molecule has 0 fully saturated rings. The number of rotatable bonds is 2. The van der Waals surface area contributed by atoms with E-state index in [9.17, 15) is 9.18 Å². The van der Waals surface area contributed by atoms with Gasteiger partial charge < -0.3 is 5.11 Å². The molecule has 0 aliphatic heterocycles. The minimum absolute atomic E-state index is 0.246. The SMILES string of the molecule is CC(F)(C(=O)O)c1ccc2c(c1)CCC2. The fourth-order valence-corrected chi connectivity index (χ4v) is 1.99. The summed E-state index contributed by atoms with van der Waals surface area (Å²) in [5.74, 6) is -1.43. The Kier molecular flexibility index (Phi) is 2.25. The predicted molar refractivity (Wildman–Crippen MR) is 54.6 cm³/mol. The Morgan fingerprint density at radius 1 is 1.40 bits per heavy atom. The highest BCUT2D eigenvalue weighted by Gasteiger charge is 2.35. The topological polar surface area (TPSA) is 37.3 Å². The molecule has 1 aliphatic carbocycles. The summed E-state index contributed by atoms with van der Waals surface area (Å²) in [5.41, 5.74) is 0.283. The highest BCUT2D eigenvalue weighted by atomic mass is 19.1. The summed E-state index contributed by atoms with van der Waals surface area (Å²) in [6, 6.07) is 5.12. The Balaban J connectivity index is 2.42. The van der Waals surface area contributed by atoms with Crippen molar-refractivity contribution in [2.24, 2.45) is 0 Å². The van der Waals surface area contributed by atoms with Crippen LogP contribution in [0.1, 0.15) is 30.0 Å². The Morgan fingerprint density at radius 2 is 2.07 bits per heavy atom. The minimum Gasteiger partial charge on any atom is -0.479 e. The van der Waals surface area contributed by atoms with Gasteiger partial charge in [0.1, 0.15) is 0 Å². The molecule has 0 heterocycles. The first-order valence-corrected chi connectivity index (χ1v) is 5.06. The second-order valence-corrected chi connectivity index (χ2v) is 4.15. The minimum atomic E-state index is -2.28. The van der Waals surface area contributed by atoms with E-state index in [1.807, 2.05) is 6.07 Å². The highest BCUT2D eigenvalue weighted by molar-refractivity contribution is 5.78. The number of hydrogen-bond acceptors (Lipinski definition) is 1. The average Bonchev–Trinajstić information content (AvgIpc) is 2.63. The molecule has 0 saturated heterocycles. The van der Waals surface area contributed by atoms with Gasteiger partial charge in [0.25, 0.3) is 0 Å². The summed E-state index contributed by atoms with van der Waals surface area (Å²) in [5, 5.41) is 8.77. The van der Waals surface area contributed by atoms with E-state index < -0.39 is 11.6 Å². The summed E-state index contributed by atoms with van der Waals surface area (Å²) in [7, 11) is 0. The van der Waals surface area contributed by atoms with Crippen LogP contribution >= 0.6 is 0 Å². The molecule has 1 aromatic rings. The van der Waals surface area contributed by atoms with Gasteiger partial charge in [0, 0.05) is 5.56 Å². The van der Waals surface area contributed by atoms with Crippen molar-refractivity contribution in [1.29, 1.82) is 0 Å². The van der Waals surface area contributed by atoms with Crippen LogP contribution in [-0.2, 0) is 23.3 Å². The maximum absolute atomic E-state index is 13.8. The number of hydrogen-bond donors (Lipinski definition) is 1. The zero-order valence-electron chi connectivity index (χ0n) is 8.59. The molecule has 3 heteroatoms. The van der Waals surface area contributed by atoms with Crippen LogP contribution in [0.5, 0.6) is 0 Å². The van der Waals surface area contributed by atoms with E-state index >= 15 is 0 Å². The van der Waals surface area contributed by atoms with E-state index in [1.165, 1.54) is 5.56 Å². The van der Waals surface area contributed by atoms with E-state index in [0.717, 1.165) is 31.7 Å². The van der Waals surface area contributed by atoms with Crippen LogP contribution in [-0.4, -0.2) is 11.1 Å². The third kappa shape index (κ3) is 1.62. The molecule has 0 bridgehead atoms. The molecule has 1 N–H and O–H groups in total. The molecule has 1 aromatic carbocycles. The second kappa shape index (κ2) is 3.33. The van der Waals surface area contributed by atoms with Crippen LogP contribution in [0.25, 0.3) is 0 Å². The monoisotopic (exact) mass is 208 g/mol. The van der Waals surface area contributed by atoms with Crippen molar-refractivity contribution in [3.8, 4) is 0 Å². The molecule has 2 rings (SSSR count). The van der Waals surface area contributed by atoms with Crippen molar-refractivity contribution in [2.45, 2.75) is 31.9 Å². The number of fused-ring (bicyclic) bond motifs is 1. The van der Waals surface area contributed by atoms with Crippen molar-refractivity contribution in [3.05, 3.63) is 34.9 Å². The molecule has 0 saturated carbocycles. The normalized spacial score (nSPS) is 18.3. The maximum Gasteiger partial charge on any atom is 0.345 e. The number of aliphatic carboxylic acids is 1. The number of carboxylic acids is 1. The summed E-state index contributed by atoms with van der Waals surface area (Å²) in [4.78, 5) is 10.7. The lowest BCUT2D eigenvalue weighted by Gasteiger charge is -2.16. The maximum atomic E-state index is 13.8.